The molecule has 2 aromatic rings. The van der Waals surface area contributed by atoms with Gasteiger partial charge in [0.15, 0.2) is 0 Å². The Hall–Kier alpha value is -2.40. The normalized spacial score (nSPS) is 11.9. The molecule has 1 amide bonds. The zero-order chi connectivity index (χ0) is 15.2. The molecule has 0 saturated heterocycles. The van der Waals surface area contributed by atoms with Gasteiger partial charge in [-0.2, -0.15) is 0 Å². The third-order valence-electron chi connectivity index (χ3n) is 3.12. The second-order valence-corrected chi connectivity index (χ2v) is 4.62. The van der Waals surface area contributed by atoms with E-state index in [2.05, 4.69) is 5.32 Å². The van der Waals surface area contributed by atoms with Crippen LogP contribution in [0, 0.1) is 5.82 Å². The van der Waals surface area contributed by atoms with E-state index in [1.807, 2.05) is 30.3 Å². The van der Waals surface area contributed by atoms with Crippen LogP contribution in [-0.2, 0) is 4.74 Å². The summed E-state index contributed by atoms with van der Waals surface area (Å²) >= 11 is 0. The molecule has 0 saturated carbocycles. The summed E-state index contributed by atoms with van der Waals surface area (Å²) in [5, 5.41) is 3.05. The third-order valence-corrected chi connectivity index (χ3v) is 3.12. The van der Waals surface area contributed by atoms with Crippen LogP contribution in [0.25, 0.3) is 0 Å². The van der Waals surface area contributed by atoms with Crippen LogP contribution in [0.1, 0.15) is 22.0 Å². The molecule has 21 heavy (non-hydrogen) atoms. The van der Waals surface area contributed by atoms with Crippen LogP contribution in [0.3, 0.4) is 0 Å². The Labute approximate surface area is 122 Å². The average Bonchev–Trinajstić information content (AvgIpc) is 2.49. The van der Waals surface area contributed by atoms with E-state index in [9.17, 15) is 9.18 Å². The van der Waals surface area contributed by atoms with Gasteiger partial charge in [-0.25, -0.2) is 4.39 Å². The van der Waals surface area contributed by atoms with Crippen molar-refractivity contribution in [3.63, 3.8) is 0 Å². The van der Waals surface area contributed by atoms with Crippen molar-refractivity contribution in [3.05, 3.63) is 65.5 Å². The molecule has 0 fully saturated rings. The van der Waals surface area contributed by atoms with Crippen molar-refractivity contribution in [2.24, 2.45) is 5.73 Å². The number of rotatable bonds is 6. The molecular weight excluding hydrogens is 271 g/mol. The largest absolute Gasteiger partial charge is 0.382 e. The Bertz CT molecular complexity index is 617. The van der Waals surface area contributed by atoms with Crippen molar-refractivity contribution in [2.45, 2.75) is 6.04 Å². The Morgan fingerprint density at radius 2 is 2.00 bits per heavy atom. The standard InChI is InChI=1S/C16H17FN2O2/c1-21-10-15(11-5-3-2-4-6-11)19-14-9-12(16(18)20)7-8-13(14)17/h2-9,15,19H,10H2,1H3,(H2,18,20). The summed E-state index contributed by atoms with van der Waals surface area (Å²) in [7, 11) is 1.58. The van der Waals surface area contributed by atoms with Gasteiger partial charge < -0.3 is 15.8 Å². The summed E-state index contributed by atoms with van der Waals surface area (Å²) in [4.78, 5) is 11.2. The summed E-state index contributed by atoms with van der Waals surface area (Å²) in [6, 6.07) is 13.3. The highest BCUT2D eigenvalue weighted by Crippen LogP contribution is 2.23. The number of hydrogen-bond donors (Lipinski definition) is 2. The molecule has 0 radical (unpaired) electrons. The van der Waals surface area contributed by atoms with E-state index >= 15 is 0 Å². The number of halogens is 1. The lowest BCUT2D eigenvalue weighted by Crippen LogP contribution is -2.18. The fourth-order valence-corrected chi connectivity index (χ4v) is 2.05. The fraction of sp³-hybridized carbons (Fsp3) is 0.188. The number of primary amides is 1. The van der Waals surface area contributed by atoms with Crippen LogP contribution in [0.15, 0.2) is 48.5 Å². The topological polar surface area (TPSA) is 64.3 Å². The van der Waals surface area contributed by atoms with Gasteiger partial charge in [-0.15, -0.1) is 0 Å². The molecule has 0 spiro atoms. The highest BCUT2D eigenvalue weighted by molar-refractivity contribution is 5.93. The van der Waals surface area contributed by atoms with E-state index in [0.29, 0.717) is 6.61 Å². The van der Waals surface area contributed by atoms with Crippen LogP contribution < -0.4 is 11.1 Å². The molecule has 0 aliphatic rings. The first-order chi connectivity index (χ1) is 10.1. The van der Waals surface area contributed by atoms with Crippen molar-refractivity contribution in [2.75, 3.05) is 19.0 Å². The van der Waals surface area contributed by atoms with Crippen molar-refractivity contribution in [1.82, 2.24) is 0 Å². The lowest BCUT2D eigenvalue weighted by atomic mass is 10.1. The fourth-order valence-electron chi connectivity index (χ4n) is 2.05. The van der Waals surface area contributed by atoms with E-state index in [4.69, 9.17) is 10.5 Å². The average molecular weight is 288 g/mol. The van der Waals surface area contributed by atoms with Gasteiger partial charge in [-0.3, -0.25) is 4.79 Å². The van der Waals surface area contributed by atoms with Crippen molar-refractivity contribution in [1.29, 1.82) is 0 Å². The second-order valence-electron chi connectivity index (χ2n) is 4.62. The molecule has 2 aromatic carbocycles. The summed E-state index contributed by atoms with van der Waals surface area (Å²) < 4.78 is 19.1. The summed E-state index contributed by atoms with van der Waals surface area (Å²) in [6.07, 6.45) is 0. The molecule has 110 valence electrons. The number of nitrogens with two attached hydrogens (primary N) is 1. The maximum Gasteiger partial charge on any atom is 0.248 e. The highest BCUT2D eigenvalue weighted by atomic mass is 19.1. The first-order valence-electron chi connectivity index (χ1n) is 6.51. The minimum absolute atomic E-state index is 0.220. The smallest absolute Gasteiger partial charge is 0.248 e. The monoisotopic (exact) mass is 288 g/mol. The Morgan fingerprint density at radius 3 is 2.62 bits per heavy atom. The van der Waals surface area contributed by atoms with Crippen molar-refractivity contribution < 1.29 is 13.9 Å². The first kappa shape index (κ1) is 15.0. The summed E-state index contributed by atoms with van der Waals surface area (Å²) in [5.74, 6) is -1.04. The second kappa shape index (κ2) is 6.85. The van der Waals surface area contributed by atoms with Gasteiger partial charge in [0.2, 0.25) is 5.91 Å². The Balaban J connectivity index is 2.28. The summed E-state index contributed by atoms with van der Waals surface area (Å²) in [5.41, 5.74) is 6.65. The van der Waals surface area contributed by atoms with Gasteiger partial charge >= 0.3 is 0 Å². The summed E-state index contributed by atoms with van der Waals surface area (Å²) in [6.45, 7) is 0.365. The molecule has 2 rings (SSSR count). The highest BCUT2D eigenvalue weighted by Gasteiger charge is 2.14. The van der Waals surface area contributed by atoms with E-state index in [0.717, 1.165) is 5.56 Å². The first-order valence-corrected chi connectivity index (χ1v) is 6.51. The van der Waals surface area contributed by atoms with Crippen LogP contribution in [0.2, 0.25) is 0 Å². The number of hydrogen-bond acceptors (Lipinski definition) is 3. The zero-order valence-electron chi connectivity index (χ0n) is 11.7. The van der Waals surface area contributed by atoms with E-state index in [1.54, 1.807) is 7.11 Å². The number of ether oxygens (including phenoxy) is 1. The molecule has 4 nitrogen and oxygen atoms in total. The van der Waals surface area contributed by atoms with Crippen molar-refractivity contribution >= 4 is 11.6 Å². The number of carbonyl (C=O) groups excluding carboxylic acids is 1. The van der Waals surface area contributed by atoms with Crippen LogP contribution in [0.4, 0.5) is 10.1 Å². The lowest BCUT2D eigenvalue weighted by molar-refractivity contribution is 0.100. The molecule has 3 N–H and O–H groups in total. The number of anilines is 1. The number of amides is 1. The van der Waals surface area contributed by atoms with Gasteiger partial charge in [0.05, 0.1) is 18.3 Å². The maximum atomic E-state index is 13.9. The minimum Gasteiger partial charge on any atom is -0.382 e. The molecular formula is C16H17FN2O2. The Morgan fingerprint density at radius 1 is 1.29 bits per heavy atom. The molecule has 5 heteroatoms. The van der Waals surface area contributed by atoms with Crippen LogP contribution in [-0.4, -0.2) is 19.6 Å². The van der Waals surface area contributed by atoms with Crippen LogP contribution >= 0.6 is 0 Å². The minimum atomic E-state index is -0.596. The number of methoxy groups -OCH3 is 1. The van der Waals surface area contributed by atoms with E-state index in [1.165, 1.54) is 18.2 Å². The SMILES string of the molecule is COCC(Nc1cc(C(N)=O)ccc1F)c1ccccc1. The van der Waals surface area contributed by atoms with Gasteiger partial charge in [0.25, 0.3) is 0 Å². The van der Waals surface area contributed by atoms with E-state index < -0.39 is 11.7 Å². The van der Waals surface area contributed by atoms with Crippen LogP contribution in [0.5, 0.6) is 0 Å². The number of carbonyl (C=O) groups is 1. The van der Waals surface area contributed by atoms with Gasteiger partial charge in [0, 0.05) is 12.7 Å². The third kappa shape index (κ3) is 3.79. The Kier molecular flexibility index (Phi) is 4.90. The zero-order valence-corrected chi connectivity index (χ0v) is 11.7. The lowest BCUT2D eigenvalue weighted by Gasteiger charge is -2.20. The van der Waals surface area contributed by atoms with E-state index in [-0.39, 0.29) is 17.3 Å². The number of benzene rings is 2. The molecule has 0 bridgehead atoms. The van der Waals surface area contributed by atoms with Gasteiger partial charge in [0.1, 0.15) is 5.82 Å². The predicted molar refractivity (Wildman–Crippen MR) is 79.6 cm³/mol. The quantitative estimate of drug-likeness (QED) is 0.859. The molecule has 0 aliphatic heterocycles. The molecule has 0 heterocycles. The molecule has 1 atom stereocenters. The predicted octanol–water partition coefficient (Wildman–Crippen LogP) is 2.72. The maximum absolute atomic E-state index is 13.9. The number of nitrogens with one attached hydrogen (secondary N) is 1. The van der Waals surface area contributed by atoms with Crippen molar-refractivity contribution in [3.8, 4) is 0 Å². The van der Waals surface area contributed by atoms with Gasteiger partial charge in [-0.05, 0) is 23.8 Å². The molecule has 0 aromatic heterocycles. The molecule has 1 unspecified atom stereocenters. The molecule has 0 aliphatic carbocycles. The van der Waals surface area contributed by atoms with Gasteiger partial charge in [-0.1, -0.05) is 30.3 Å².